The number of halogens is 4. The van der Waals surface area contributed by atoms with Crippen molar-refractivity contribution in [3.05, 3.63) is 60.4 Å². The highest BCUT2D eigenvalue weighted by Gasteiger charge is 2.59. The Morgan fingerprint density at radius 2 is 2.17 bits per heavy atom. The van der Waals surface area contributed by atoms with Crippen molar-refractivity contribution in [3.63, 3.8) is 0 Å². The number of rotatable bonds is 5. The Kier molecular flexibility index (Phi) is 3.90. The number of amides is 1. The largest absolute Gasteiger partial charge is 0.301 e. The van der Waals surface area contributed by atoms with E-state index in [1.165, 1.54) is 12.4 Å². The maximum absolute atomic E-state index is 14.0. The fourth-order valence-corrected chi connectivity index (χ4v) is 2.39. The molecule has 0 spiro atoms. The number of hydrogen-bond donors (Lipinski definition) is 0. The molecule has 4 nitrogen and oxygen atoms in total. The molecule has 1 aliphatic rings. The minimum atomic E-state index is -2.77. The summed E-state index contributed by atoms with van der Waals surface area (Å²) in [4.78, 5) is 13.0. The Bertz CT molecular complexity index is 802. The molecule has 0 aliphatic heterocycles. The molecule has 24 heavy (non-hydrogen) atoms. The Hall–Kier alpha value is -2.64. The lowest BCUT2D eigenvalue weighted by atomic mass is 10.2. The average molecular weight is 339 g/mol. The first-order chi connectivity index (χ1) is 11.3. The van der Waals surface area contributed by atoms with Crippen molar-refractivity contribution in [1.82, 2.24) is 9.78 Å². The van der Waals surface area contributed by atoms with Crippen LogP contribution in [0.25, 0.3) is 0 Å². The van der Waals surface area contributed by atoms with Crippen LogP contribution in [0.3, 0.4) is 0 Å². The summed E-state index contributed by atoms with van der Waals surface area (Å²) in [6.07, 6.45) is 3.42. The molecular weight excluding hydrogens is 326 g/mol. The van der Waals surface area contributed by atoms with Crippen LogP contribution in [0.2, 0.25) is 0 Å². The number of carbonyl (C=O) groups excluding carboxylic acids is 1. The summed E-state index contributed by atoms with van der Waals surface area (Å²) in [5, 5.41) is 3.86. The van der Waals surface area contributed by atoms with Gasteiger partial charge in [0.1, 0.15) is 17.7 Å². The molecule has 2 aromatic rings. The van der Waals surface area contributed by atoms with Gasteiger partial charge in [0.15, 0.2) is 0 Å². The first kappa shape index (κ1) is 16.2. The van der Waals surface area contributed by atoms with Crippen LogP contribution < -0.4 is 4.90 Å². The summed E-state index contributed by atoms with van der Waals surface area (Å²) in [5.74, 6) is -5.06. The molecular formula is C16H13F4N3O. The van der Waals surface area contributed by atoms with E-state index in [9.17, 15) is 22.4 Å². The molecule has 0 saturated heterocycles. The summed E-state index contributed by atoms with van der Waals surface area (Å²) >= 11 is 0. The predicted molar refractivity (Wildman–Crippen MR) is 78.6 cm³/mol. The maximum atomic E-state index is 14.0. The zero-order valence-electron chi connectivity index (χ0n) is 12.4. The van der Waals surface area contributed by atoms with Gasteiger partial charge in [-0.2, -0.15) is 5.10 Å². The number of hydrogen-bond acceptors (Lipinski definition) is 2. The first-order valence-corrected chi connectivity index (χ1v) is 7.11. The molecule has 0 N–H and O–H groups in total. The van der Waals surface area contributed by atoms with Gasteiger partial charge in [-0.25, -0.2) is 17.6 Å². The third-order valence-electron chi connectivity index (χ3n) is 3.75. The lowest BCUT2D eigenvalue weighted by Gasteiger charge is -2.21. The van der Waals surface area contributed by atoms with Crippen LogP contribution in [0, 0.1) is 11.6 Å². The number of benzene rings is 1. The topological polar surface area (TPSA) is 38.1 Å². The highest BCUT2D eigenvalue weighted by atomic mass is 19.3. The number of anilines is 1. The van der Waals surface area contributed by atoms with Gasteiger partial charge in [-0.15, -0.1) is 0 Å². The van der Waals surface area contributed by atoms with Gasteiger partial charge in [-0.3, -0.25) is 9.48 Å². The van der Waals surface area contributed by atoms with Crippen molar-refractivity contribution in [2.45, 2.75) is 24.9 Å². The Morgan fingerprint density at radius 3 is 2.75 bits per heavy atom. The van der Waals surface area contributed by atoms with E-state index in [1.807, 2.05) is 0 Å². The molecule has 1 fully saturated rings. The van der Waals surface area contributed by atoms with E-state index in [0.717, 1.165) is 27.8 Å². The van der Waals surface area contributed by atoms with Crippen LogP contribution in [-0.2, 0) is 11.3 Å². The second kappa shape index (κ2) is 5.77. The van der Waals surface area contributed by atoms with Crippen molar-refractivity contribution in [2.75, 3.05) is 4.90 Å². The number of alkyl halides is 2. The zero-order valence-corrected chi connectivity index (χ0v) is 12.4. The quantitative estimate of drug-likeness (QED) is 0.618. The van der Waals surface area contributed by atoms with Gasteiger partial charge in [0.05, 0.1) is 18.4 Å². The van der Waals surface area contributed by atoms with E-state index in [1.54, 1.807) is 0 Å². The minimum Gasteiger partial charge on any atom is -0.301 e. The Balaban J connectivity index is 1.85. The van der Waals surface area contributed by atoms with E-state index in [4.69, 9.17) is 0 Å². The smallest absolute Gasteiger partial charge is 0.272 e. The Labute approximate surface area is 135 Å². The summed E-state index contributed by atoms with van der Waals surface area (Å²) in [6.45, 7) is 3.25. The second-order valence-electron chi connectivity index (χ2n) is 5.53. The molecule has 1 aromatic carbocycles. The van der Waals surface area contributed by atoms with E-state index in [-0.39, 0.29) is 18.7 Å². The van der Waals surface area contributed by atoms with Gasteiger partial charge < -0.3 is 4.90 Å². The van der Waals surface area contributed by atoms with Gasteiger partial charge in [-0.05, 0) is 18.2 Å². The summed E-state index contributed by atoms with van der Waals surface area (Å²) in [5.41, 5.74) is 0.308. The molecule has 0 radical (unpaired) electrons. The van der Waals surface area contributed by atoms with Gasteiger partial charge in [0.25, 0.3) is 11.8 Å². The van der Waals surface area contributed by atoms with E-state index in [0.29, 0.717) is 11.6 Å². The van der Waals surface area contributed by atoms with Crippen molar-refractivity contribution in [2.24, 2.45) is 0 Å². The van der Waals surface area contributed by atoms with Crippen molar-refractivity contribution in [3.8, 4) is 0 Å². The predicted octanol–water partition coefficient (Wildman–Crippen LogP) is 3.46. The number of nitrogens with zero attached hydrogens (tertiary/aromatic N) is 3. The lowest BCUT2D eigenvalue weighted by molar-refractivity contribution is -0.114. The molecule has 0 bridgehead atoms. The molecule has 3 rings (SSSR count). The van der Waals surface area contributed by atoms with Crippen LogP contribution in [0.15, 0.2) is 43.2 Å². The lowest BCUT2D eigenvalue weighted by Crippen LogP contribution is -2.29. The van der Waals surface area contributed by atoms with Crippen molar-refractivity contribution >= 4 is 11.6 Å². The molecule has 1 aliphatic carbocycles. The van der Waals surface area contributed by atoms with E-state index < -0.39 is 29.5 Å². The third kappa shape index (κ3) is 3.04. The summed E-state index contributed by atoms with van der Waals surface area (Å²) in [7, 11) is 0. The highest BCUT2D eigenvalue weighted by Crippen LogP contribution is 2.52. The first-order valence-electron chi connectivity index (χ1n) is 7.11. The van der Waals surface area contributed by atoms with Crippen molar-refractivity contribution < 1.29 is 22.4 Å². The fourth-order valence-electron chi connectivity index (χ4n) is 2.39. The third-order valence-corrected chi connectivity index (χ3v) is 3.75. The summed E-state index contributed by atoms with van der Waals surface area (Å²) in [6, 6.07) is 1.83. The second-order valence-corrected chi connectivity index (χ2v) is 5.53. The van der Waals surface area contributed by atoms with Gasteiger partial charge >= 0.3 is 0 Å². The molecule has 1 unspecified atom stereocenters. The zero-order chi connectivity index (χ0) is 17.5. The molecule has 1 heterocycles. The van der Waals surface area contributed by atoms with Crippen LogP contribution >= 0.6 is 0 Å². The number of carbonyl (C=O) groups is 1. The number of aromatic nitrogens is 2. The van der Waals surface area contributed by atoms with Gasteiger partial charge in [0, 0.05) is 24.2 Å². The maximum Gasteiger partial charge on any atom is 0.272 e. The van der Waals surface area contributed by atoms with Gasteiger partial charge in [-0.1, -0.05) is 6.58 Å². The van der Waals surface area contributed by atoms with Crippen LogP contribution in [0.5, 0.6) is 0 Å². The van der Waals surface area contributed by atoms with Gasteiger partial charge in [0.2, 0.25) is 0 Å². The van der Waals surface area contributed by atoms with Crippen LogP contribution in [-0.4, -0.2) is 21.6 Å². The average Bonchev–Trinajstić information content (AvgIpc) is 2.95. The van der Waals surface area contributed by atoms with Crippen LogP contribution in [0.1, 0.15) is 18.0 Å². The molecule has 1 saturated carbocycles. The van der Waals surface area contributed by atoms with E-state index in [2.05, 4.69) is 11.7 Å². The normalized spacial score (nSPS) is 18.2. The Morgan fingerprint density at radius 1 is 1.46 bits per heavy atom. The molecule has 1 aromatic heterocycles. The standard InChI is InChI=1S/C16H13F4N3O/c1-2-15(24)22(13-4-3-11(17)5-12(13)18)8-10-7-21-23(9-10)14-6-16(14,19)20/h2-5,7,9,14H,1,6,8H2. The van der Waals surface area contributed by atoms with Crippen molar-refractivity contribution in [1.29, 1.82) is 0 Å². The highest BCUT2D eigenvalue weighted by molar-refractivity contribution is 6.01. The summed E-state index contributed by atoms with van der Waals surface area (Å²) < 4.78 is 54.3. The fraction of sp³-hybridized carbons (Fsp3) is 0.250. The molecule has 126 valence electrons. The van der Waals surface area contributed by atoms with Crippen LogP contribution in [0.4, 0.5) is 23.2 Å². The monoisotopic (exact) mass is 339 g/mol. The minimum absolute atomic E-state index is 0.105. The molecule has 1 atom stereocenters. The molecule has 8 heteroatoms. The molecule has 1 amide bonds. The van der Waals surface area contributed by atoms with E-state index >= 15 is 0 Å². The SMILES string of the molecule is C=CC(=O)N(Cc1cnn(C2CC2(F)F)c1)c1ccc(F)cc1F.